The monoisotopic (exact) mass is 820 g/mol. The lowest BCUT2D eigenvalue weighted by atomic mass is 10.0. The van der Waals surface area contributed by atoms with Gasteiger partial charge in [0, 0.05) is 49.4 Å². The van der Waals surface area contributed by atoms with E-state index >= 15 is 0 Å². The van der Waals surface area contributed by atoms with E-state index in [0.717, 1.165) is 22.0 Å². The Kier molecular flexibility index (Phi) is 4.79. The fourth-order valence-corrected chi connectivity index (χ4v) is 8.80. The molecule has 0 N–H and O–H groups in total. The van der Waals surface area contributed by atoms with Crippen molar-refractivity contribution in [2.45, 2.75) is 0 Å². The largest absolute Gasteiger partial charge is 0.309 e. The summed E-state index contributed by atoms with van der Waals surface area (Å²) in [6.07, 6.45) is 0. The van der Waals surface area contributed by atoms with Crippen LogP contribution in [0, 0.1) is 0 Å². The minimum atomic E-state index is -0.677. The maximum Gasteiger partial charge on any atom is 0.0645 e. The molecule has 0 saturated carbocycles. The third-order valence-electron chi connectivity index (χ3n) is 11.6. The second-order valence-corrected chi connectivity index (χ2v) is 15.1. The number of nitrogens with zero attached hydrogens (tertiary/aromatic N) is 3. The predicted molar refractivity (Wildman–Crippen MR) is 266 cm³/mol. The molecule has 13 aromatic rings. The molecule has 0 aliphatic carbocycles. The van der Waals surface area contributed by atoms with Crippen molar-refractivity contribution in [3.05, 3.63) is 236 Å². The van der Waals surface area contributed by atoms with Crippen molar-refractivity contribution in [2.24, 2.45) is 0 Å². The molecular weight excluding hydrogens is 763 g/mol. The highest BCUT2D eigenvalue weighted by Gasteiger charge is 2.19. The van der Waals surface area contributed by atoms with Crippen molar-refractivity contribution in [3.63, 3.8) is 0 Å². The van der Waals surface area contributed by atoms with E-state index < -0.39 is 114 Å². The second-order valence-electron chi connectivity index (χ2n) is 15.1. The van der Waals surface area contributed by atoms with E-state index in [-0.39, 0.29) is 66.9 Å². The number of hydrogen-bond acceptors (Lipinski definition) is 0. The molecule has 0 atom stereocenters. The Balaban J connectivity index is 1.06. The quantitative estimate of drug-likeness (QED) is 0.159. The van der Waals surface area contributed by atoms with Crippen molar-refractivity contribution in [1.29, 1.82) is 0 Å². The van der Waals surface area contributed by atoms with E-state index in [4.69, 9.17) is 12.3 Å². The highest BCUT2D eigenvalue weighted by atomic mass is 15.0. The molecule has 0 fully saturated rings. The molecule has 13 rings (SSSR count). The Bertz CT molecular complexity index is 5000. The van der Waals surface area contributed by atoms with Crippen LogP contribution in [0.25, 0.3) is 116 Å². The van der Waals surface area contributed by atoms with Gasteiger partial charge in [0.25, 0.3) is 0 Å². The summed E-state index contributed by atoms with van der Waals surface area (Å²) in [5.41, 5.74) is 3.30. The highest BCUT2D eigenvalue weighted by molar-refractivity contribution is 6.14. The van der Waals surface area contributed by atoms with Crippen molar-refractivity contribution in [2.75, 3.05) is 0 Å². The van der Waals surface area contributed by atoms with E-state index in [9.17, 15) is 13.7 Å². The van der Waals surface area contributed by atoms with Gasteiger partial charge in [-0.05, 0) is 118 Å². The maximum atomic E-state index is 10.1. The molecule has 63 heavy (non-hydrogen) atoms. The van der Waals surface area contributed by atoms with E-state index in [0.29, 0.717) is 27.8 Å². The van der Waals surface area contributed by atoms with Crippen LogP contribution in [0.5, 0.6) is 0 Å². The Morgan fingerprint density at radius 3 is 1.48 bits per heavy atom. The summed E-state index contributed by atoms with van der Waals surface area (Å²) < 4.78 is 178. The molecular formula is C60H39N3. The van der Waals surface area contributed by atoms with Gasteiger partial charge in [-0.2, -0.15) is 0 Å². The average molecular weight is 821 g/mol. The van der Waals surface area contributed by atoms with Crippen molar-refractivity contribution in [1.82, 2.24) is 13.7 Å². The molecule has 3 aromatic heterocycles. The molecule has 10 aromatic carbocycles. The van der Waals surface area contributed by atoms with Crippen LogP contribution in [0.15, 0.2) is 236 Å². The van der Waals surface area contributed by atoms with Crippen LogP contribution in [0.1, 0.15) is 26.0 Å². The van der Waals surface area contributed by atoms with Crippen molar-refractivity contribution >= 4 is 65.4 Å². The highest BCUT2D eigenvalue weighted by Crippen LogP contribution is 2.40. The number of fused-ring (bicyclic) bond motifs is 9. The van der Waals surface area contributed by atoms with Crippen molar-refractivity contribution in [3.8, 4) is 50.4 Å². The van der Waals surface area contributed by atoms with Gasteiger partial charge in [0.15, 0.2) is 0 Å². The molecule has 0 bridgehead atoms. The number of para-hydroxylation sites is 3. The normalized spacial score (nSPS) is 16.0. The predicted octanol–water partition coefficient (Wildman–Crippen LogP) is 16.0. The van der Waals surface area contributed by atoms with Gasteiger partial charge in [-0.3, -0.25) is 0 Å². The van der Waals surface area contributed by atoms with E-state index in [1.807, 2.05) is 65.2 Å². The molecule has 3 heterocycles. The first-order chi connectivity index (χ1) is 39.2. The van der Waals surface area contributed by atoms with Crippen LogP contribution in [-0.2, 0) is 0 Å². The maximum absolute atomic E-state index is 10.1. The summed E-state index contributed by atoms with van der Waals surface area (Å²) in [5, 5.41) is 0.690. The Hall–Kier alpha value is -8.40. The van der Waals surface area contributed by atoms with Crippen LogP contribution in [-0.4, -0.2) is 13.7 Å². The lowest BCUT2D eigenvalue weighted by Crippen LogP contribution is -1.96. The van der Waals surface area contributed by atoms with Gasteiger partial charge in [0.2, 0.25) is 0 Å². The summed E-state index contributed by atoms with van der Waals surface area (Å²) >= 11 is 0. The second kappa shape index (κ2) is 14.1. The van der Waals surface area contributed by atoms with Gasteiger partial charge < -0.3 is 13.7 Å². The van der Waals surface area contributed by atoms with Gasteiger partial charge in [0.1, 0.15) is 0 Å². The molecule has 0 radical (unpaired) electrons. The van der Waals surface area contributed by atoms with Crippen LogP contribution in [0.4, 0.5) is 0 Å². The molecule has 3 heteroatoms. The van der Waals surface area contributed by atoms with Gasteiger partial charge in [-0.1, -0.05) is 151 Å². The van der Waals surface area contributed by atoms with Crippen LogP contribution < -0.4 is 0 Å². The molecule has 0 saturated heterocycles. The lowest BCUT2D eigenvalue weighted by molar-refractivity contribution is 1.17. The summed E-state index contributed by atoms with van der Waals surface area (Å²) in [7, 11) is 0. The zero-order valence-corrected chi connectivity index (χ0v) is 32.9. The summed E-state index contributed by atoms with van der Waals surface area (Å²) in [5.74, 6) is 0. The van der Waals surface area contributed by atoms with E-state index in [2.05, 4.69) is 0 Å². The fourth-order valence-electron chi connectivity index (χ4n) is 8.80. The fraction of sp³-hybridized carbons (Fsp3) is 0. The first kappa shape index (κ1) is 21.4. The SMILES string of the molecule is [2H]c1c([2H])c([2H])c(-c2ccc(-n3c4ccccc4c4cc(-n5c6c([2H])c([2H])c([2H])c([2H])c6c6c([2H])c(-c7c([2H])c([2H])c8c(c7[2H])c7c([2H])c([2H])c([2H])c([2H])c7n8-c7cccc(-c8ccccc8)c7)c([2H])c([2H])c65)ccc43)cc2)c([2H])c1[2H]. The van der Waals surface area contributed by atoms with E-state index in [1.54, 1.807) is 60.7 Å². The molecule has 294 valence electrons. The van der Waals surface area contributed by atoms with Crippen molar-refractivity contribution < 1.29 is 26.0 Å². The Morgan fingerprint density at radius 1 is 0.254 bits per heavy atom. The molecule has 0 amide bonds. The number of hydrogen-bond donors (Lipinski definition) is 0. The third kappa shape index (κ3) is 5.60. The zero-order chi connectivity index (χ0) is 58.0. The van der Waals surface area contributed by atoms with Crippen LogP contribution in [0.2, 0.25) is 0 Å². The third-order valence-corrected chi connectivity index (χ3v) is 11.6. The zero-order valence-electron chi connectivity index (χ0n) is 51.9. The Labute approximate surface area is 391 Å². The summed E-state index contributed by atoms with van der Waals surface area (Å²) in [6.45, 7) is 0. The molecule has 3 nitrogen and oxygen atoms in total. The van der Waals surface area contributed by atoms with E-state index in [1.165, 1.54) is 9.13 Å². The summed E-state index contributed by atoms with van der Waals surface area (Å²) in [4.78, 5) is 0. The topological polar surface area (TPSA) is 14.8 Å². The number of benzene rings is 10. The average Bonchev–Trinajstić information content (AvgIpc) is 2.01. The summed E-state index contributed by atoms with van der Waals surface area (Å²) in [6, 6.07) is 25.7. The lowest BCUT2D eigenvalue weighted by Gasteiger charge is -2.11. The Morgan fingerprint density at radius 2 is 0.778 bits per heavy atom. The molecule has 0 aliphatic heterocycles. The minimum absolute atomic E-state index is 0.0483. The number of rotatable bonds is 6. The van der Waals surface area contributed by atoms with Crippen LogP contribution in [0.3, 0.4) is 0 Å². The number of aromatic nitrogens is 3. The molecule has 0 aliphatic rings. The minimum Gasteiger partial charge on any atom is -0.309 e. The molecule has 0 unspecified atom stereocenters. The van der Waals surface area contributed by atoms with Gasteiger partial charge in [-0.25, -0.2) is 0 Å². The smallest absolute Gasteiger partial charge is 0.0645 e. The molecule has 0 spiro atoms. The van der Waals surface area contributed by atoms with Gasteiger partial charge in [0.05, 0.1) is 59.1 Å². The van der Waals surface area contributed by atoms with Gasteiger partial charge >= 0.3 is 0 Å². The standard InChI is InChI=1S/C60H39N3/c1-3-14-40(15-4-1)42-26-30-46(31-27-42)61-55-23-10-9-22-51(55)54-39-48(32-35-60(54)61)63-57-25-12-8-21-50(57)53-38-45(29-34-59(53)63)44-28-33-58-52(37-44)49-20-7-11-24-56(49)62(58)47-19-13-18-43(36-47)41-16-5-2-6-17-41/h1-39H/i1D,3D,4D,7D,8D,11D,12D,14D,15D,20D,21D,24D,25D,28D,29D,33D,34D,37D,38D. The first-order valence-corrected chi connectivity index (χ1v) is 20.1. The first-order valence-electron chi connectivity index (χ1n) is 29.6. The van der Waals surface area contributed by atoms with Gasteiger partial charge in [-0.15, -0.1) is 0 Å². The van der Waals surface area contributed by atoms with Crippen LogP contribution >= 0.6 is 0 Å².